The van der Waals surface area contributed by atoms with E-state index in [0.29, 0.717) is 12.8 Å². The van der Waals surface area contributed by atoms with Gasteiger partial charge in [-0.1, -0.05) is 174 Å². The van der Waals surface area contributed by atoms with Crippen molar-refractivity contribution in [3.63, 3.8) is 0 Å². The molecule has 0 aliphatic rings. The summed E-state index contributed by atoms with van der Waals surface area (Å²) in [4.78, 5) is 36.9. The van der Waals surface area contributed by atoms with Crippen molar-refractivity contribution in [3.05, 3.63) is 12.2 Å². The number of ether oxygens (including phenoxy) is 3. The zero-order valence-electron chi connectivity index (χ0n) is 36.9. The summed E-state index contributed by atoms with van der Waals surface area (Å²) in [5, 5.41) is 11.6. The molecular formula is C47H89NO7. The van der Waals surface area contributed by atoms with Gasteiger partial charge in [-0.05, 0) is 38.5 Å². The van der Waals surface area contributed by atoms with Crippen LogP contribution < -0.4 is 5.11 Å². The zero-order valence-corrected chi connectivity index (χ0v) is 36.9. The molecule has 55 heavy (non-hydrogen) atoms. The van der Waals surface area contributed by atoms with Gasteiger partial charge < -0.3 is 28.6 Å². The van der Waals surface area contributed by atoms with E-state index in [0.717, 1.165) is 51.4 Å². The smallest absolute Gasteiger partial charge is 0.306 e. The van der Waals surface area contributed by atoms with Crippen LogP contribution in [0.3, 0.4) is 0 Å². The maximum Gasteiger partial charge on any atom is 0.306 e. The molecule has 0 amide bonds. The fraction of sp³-hybridized carbons (Fsp3) is 0.894. The molecule has 8 heteroatoms. The lowest BCUT2D eigenvalue weighted by atomic mass is 10.0. The van der Waals surface area contributed by atoms with E-state index in [1.54, 1.807) is 21.1 Å². The van der Waals surface area contributed by atoms with Crippen LogP contribution in [0, 0.1) is 0 Å². The number of carbonyl (C=O) groups excluding carboxylic acids is 3. The minimum Gasteiger partial charge on any atom is -0.544 e. The predicted octanol–water partition coefficient (Wildman–Crippen LogP) is 11.4. The van der Waals surface area contributed by atoms with Crippen LogP contribution in [0.2, 0.25) is 0 Å². The maximum atomic E-state index is 12.7. The summed E-state index contributed by atoms with van der Waals surface area (Å²) >= 11 is 0. The number of unbranched alkanes of at least 4 members (excludes halogenated alkanes) is 26. The van der Waals surface area contributed by atoms with Crippen molar-refractivity contribution in [1.82, 2.24) is 0 Å². The highest BCUT2D eigenvalue weighted by Gasteiger charge is 2.25. The van der Waals surface area contributed by atoms with E-state index >= 15 is 0 Å². The highest BCUT2D eigenvalue weighted by Crippen LogP contribution is 2.15. The van der Waals surface area contributed by atoms with Crippen molar-refractivity contribution in [1.29, 1.82) is 0 Å². The summed E-state index contributed by atoms with van der Waals surface area (Å²) in [6.45, 7) is 4.68. The van der Waals surface area contributed by atoms with E-state index in [-0.39, 0.29) is 42.7 Å². The average molecular weight is 780 g/mol. The number of rotatable bonds is 42. The largest absolute Gasteiger partial charge is 0.544 e. The van der Waals surface area contributed by atoms with Gasteiger partial charge >= 0.3 is 11.9 Å². The Kier molecular flexibility index (Phi) is 37.6. The Labute approximate surface area is 339 Å². The Morgan fingerprint density at radius 1 is 0.527 bits per heavy atom. The first-order valence-electron chi connectivity index (χ1n) is 23.2. The van der Waals surface area contributed by atoms with E-state index in [1.165, 1.54) is 135 Å². The Morgan fingerprint density at radius 2 is 0.909 bits per heavy atom. The topological polar surface area (TPSA) is 102 Å². The molecule has 0 aliphatic carbocycles. The molecule has 0 heterocycles. The SMILES string of the molecule is CCCCCCCCC/C=C/CCCCCCCC(=O)OC(COCCC(C(=O)[O-])[N+](C)(C)C)COC(=O)CCCCCCCCCCCCCCCCC. The monoisotopic (exact) mass is 780 g/mol. The molecule has 0 N–H and O–H groups in total. The standard InChI is InChI=1S/C47H89NO7/c1-6-8-10-12-14-16-18-20-22-24-26-28-30-32-34-36-38-46(50)55-43(41-53-40-39-44(47(51)52)48(3,4)5)42-54-45(49)37-35-33-31-29-27-25-23-21-19-17-15-13-11-9-7-2/h22,24,43-44H,6-21,23,25-42H2,1-5H3/b24-22+. The van der Waals surface area contributed by atoms with Crippen molar-refractivity contribution < 1.29 is 38.2 Å². The molecular weight excluding hydrogens is 691 g/mol. The second kappa shape index (κ2) is 38.9. The van der Waals surface area contributed by atoms with Crippen LogP contribution in [0.25, 0.3) is 0 Å². The van der Waals surface area contributed by atoms with E-state index in [1.807, 2.05) is 0 Å². The molecule has 2 atom stereocenters. The number of aliphatic carboxylic acids is 1. The highest BCUT2D eigenvalue weighted by molar-refractivity contribution is 5.70. The number of nitrogens with zero attached hydrogens (tertiary/aromatic N) is 1. The molecule has 0 aliphatic heterocycles. The molecule has 0 saturated carbocycles. The Hall–Kier alpha value is -1.93. The van der Waals surface area contributed by atoms with Crippen LogP contribution in [0.4, 0.5) is 0 Å². The van der Waals surface area contributed by atoms with Gasteiger partial charge in [0.15, 0.2) is 6.10 Å². The normalized spacial score (nSPS) is 13.0. The number of likely N-dealkylation sites (N-methyl/N-ethyl adjacent to an activating group) is 1. The number of esters is 2. The first kappa shape index (κ1) is 53.1. The molecule has 0 bridgehead atoms. The van der Waals surface area contributed by atoms with E-state index in [9.17, 15) is 19.5 Å². The predicted molar refractivity (Wildman–Crippen MR) is 227 cm³/mol. The number of hydrogen-bond acceptors (Lipinski definition) is 7. The lowest BCUT2D eigenvalue weighted by Crippen LogP contribution is -2.55. The van der Waals surface area contributed by atoms with Crippen molar-refractivity contribution in [3.8, 4) is 0 Å². The molecule has 8 nitrogen and oxygen atoms in total. The van der Waals surface area contributed by atoms with Crippen molar-refractivity contribution >= 4 is 17.9 Å². The number of quaternary nitrogens is 1. The first-order valence-corrected chi connectivity index (χ1v) is 23.2. The van der Waals surface area contributed by atoms with Crippen molar-refractivity contribution in [2.24, 2.45) is 0 Å². The van der Waals surface area contributed by atoms with Gasteiger partial charge in [0.2, 0.25) is 0 Å². The lowest BCUT2D eigenvalue weighted by molar-refractivity contribution is -0.889. The number of carboxylic acids is 1. The summed E-state index contributed by atoms with van der Waals surface area (Å²) < 4.78 is 17.2. The number of carboxylic acid groups (broad SMARTS) is 1. The Bertz CT molecular complexity index is 915. The highest BCUT2D eigenvalue weighted by atomic mass is 16.6. The summed E-state index contributed by atoms with van der Waals surface area (Å²) in [5.41, 5.74) is 0. The van der Waals surface area contributed by atoms with E-state index in [4.69, 9.17) is 14.2 Å². The molecule has 324 valence electrons. The number of allylic oxidation sites excluding steroid dienone is 2. The van der Waals surface area contributed by atoms with E-state index < -0.39 is 18.1 Å². The quantitative estimate of drug-likeness (QED) is 0.0263. The molecule has 0 rings (SSSR count). The van der Waals surface area contributed by atoms with Gasteiger partial charge in [-0.2, -0.15) is 0 Å². The molecule has 0 aromatic carbocycles. The van der Waals surface area contributed by atoms with Crippen LogP contribution in [-0.2, 0) is 28.6 Å². The van der Waals surface area contributed by atoms with Gasteiger partial charge in [-0.15, -0.1) is 0 Å². The minimum atomic E-state index is -1.12. The van der Waals surface area contributed by atoms with Gasteiger partial charge in [0.1, 0.15) is 12.6 Å². The van der Waals surface area contributed by atoms with Gasteiger partial charge in [0.05, 0.1) is 40.3 Å². The van der Waals surface area contributed by atoms with Crippen LogP contribution >= 0.6 is 0 Å². The molecule has 0 fully saturated rings. The minimum absolute atomic E-state index is 0.0430. The molecule has 0 saturated heterocycles. The number of hydrogen-bond donors (Lipinski definition) is 0. The van der Waals surface area contributed by atoms with Crippen molar-refractivity contribution in [2.45, 2.75) is 231 Å². The maximum absolute atomic E-state index is 12.7. The summed E-state index contributed by atoms with van der Waals surface area (Å²) in [6, 6.07) is -0.723. The summed E-state index contributed by atoms with van der Waals surface area (Å²) in [7, 11) is 5.41. The summed E-state index contributed by atoms with van der Waals surface area (Å²) in [5.74, 6) is -1.73. The van der Waals surface area contributed by atoms with Crippen LogP contribution in [0.1, 0.15) is 219 Å². The third-order valence-corrected chi connectivity index (χ3v) is 10.7. The molecule has 0 spiro atoms. The third-order valence-electron chi connectivity index (χ3n) is 10.7. The first-order chi connectivity index (χ1) is 26.6. The van der Waals surface area contributed by atoms with Crippen LogP contribution in [-0.4, -0.2) is 75.5 Å². The van der Waals surface area contributed by atoms with Crippen molar-refractivity contribution in [2.75, 3.05) is 41.0 Å². The van der Waals surface area contributed by atoms with Gasteiger partial charge in [0.25, 0.3) is 0 Å². The summed E-state index contributed by atoms with van der Waals surface area (Å²) in [6.07, 6.45) is 40.8. The van der Waals surface area contributed by atoms with E-state index in [2.05, 4.69) is 26.0 Å². The number of carbonyl (C=O) groups is 3. The van der Waals surface area contributed by atoms with Gasteiger partial charge in [-0.3, -0.25) is 9.59 Å². The second-order valence-corrected chi connectivity index (χ2v) is 17.0. The fourth-order valence-corrected chi connectivity index (χ4v) is 7.01. The molecule has 0 aromatic rings. The fourth-order valence-electron chi connectivity index (χ4n) is 7.01. The van der Waals surface area contributed by atoms with Gasteiger partial charge in [0, 0.05) is 19.3 Å². The average Bonchev–Trinajstić information content (AvgIpc) is 3.14. The third kappa shape index (κ3) is 37.4. The van der Waals surface area contributed by atoms with Crippen LogP contribution in [0.5, 0.6) is 0 Å². The lowest BCUT2D eigenvalue weighted by Gasteiger charge is -2.34. The molecule has 0 radical (unpaired) electrons. The van der Waals surface area contributed by atoms with Crippen LogP contribution in [0.15, 0.2) is 12.2 Å². The molecule has 0 aromatic heterocycles. The molecule has 2 unspecified atom stereocenters. The Morgan fingerprint density at radius 3 is 1.31 bits per heavy atom. The second-order valence-electron chi connectivity index (χ2n) is 17.0. The van der Waals surface area contributed by atoms with Gasteiger partial charge in [-0.25, -0.2) is 0 Å². The Balaban J connectivity index is 4.30. The zero-order chi connectivity index (χ0) is 40.7.